The first-order valence-corrected chi connectivity index (χ1v) is 5.59. The van der Waals surface area contributed by atoms with Crippen molar-refractivity contribution in [1.82, 2.24) is 9.97 Å². The molecule has 17 heavy (non-hydrogen) atoms. The van der Waals surface area contributed by atoms with Crippen molar-refractivity contribution in [3.05, 3.63) is 54.1 Å². The van der Waals surface area contributed by atoms with Gasteiger partial charge in [-0.25, -0.2) is 0 Å². The zero-order chi connectivity index (χ0) is 12.1. The van der Waals surface area contributed by atoms with Crippen LogP contribution in [0.3, 0.4) is 0 Å². The molecule has 0 spiro atoms. The molecule has 0 aliphatic carbocycles. The summed E-state index contributed by atoms with van der Waals surface area (Å²) in [5, 5.41) is 0. The molecule has 4 nitrogen and oxygen atoms in total. The molecule has 2 rings (SSSR count). The van der Waals surface area contributed by atoms with Gasteiger partial charge in [0.1, 0.15) is 0 Å². The lowest BCUT2D eigenvalue weighted by Crippen LogP contribution is -2.26. The van der Waals surface area contributed by atoms with Crippen LogP contribution in [0.15, 0.2) is 42.9 Å². The summed E-state index contributed by atoms with van der Waals surface area (Å²) < 4.78 is 0. The highest BCUT2D eigenvalue weighted by molar-refractivity contribution is 5.44. The SMILES string of the molecule is Nc1ccncc1CC(N)Cc1ccccn1. The Balaban J connectivity index is 1.98. The molecule has 0 saturated heterocycles. The lowest BCUT2D eigenvalue weighted by atomic mass is 10.0. The molecule has 1 atom stereocenters. The van der Waals surface area contributed by atoms with E-state index >= 15 is 0 Å². The number of aromatic nitrogens is 2. The average molecular weight is 228 g/mol. The maximum atomic E-state index is 6.08. The Morgan fingerprint density at radius 3 is 2.71 bits per heavy atom. The van der Waals surface area contributed by atoms with Crippen LogP contribution in [0.2, 0.25) is 0 Å². The Hall–Kier alpha value is -1.94. The summed E-state index contributed by atoms with van der Waals surface area (Å²) in [6.45, 7) is 0. The average Bonchev–Trinajstić information content (AvgIpc) is 2.33. The van der Waals surface area contributed by atoms with E-state index in [1.54, 1.807) is 24.7 Å². The van der Waals surface area contributed by atoms with E-state index in [-0.39, 0.29) is 6.04 Å². The van der Waals surface area contributed by atoms with Crippen LogP contribution in [0, 0.1) is 0 Å². The minimum atomic E-state index is 0.0106. The number of hydrogen-bond acceptors (Lipinski definition) is 4. The van der Waals surface area contributed by atoms with Gasteiger partial charge in [-0.2, -0.15) is 0 Å². The van der Waals surface area contributed by atoms with Gasteiger partial charge < -0.3 is 11.5 Å². The summed E-state index contributed by atoms with van der Waals surface area (Å²) in [5.74, 6) is 0. The first-order chi connectivity index (χ1) is 8.25. The maximum Gasteiger partial charge on any atom is 0.0419 e. The molecule has 0 amide bonds. The van der Waals surface area contributed by atoms with Crippen LogP contribution in [-0.2, 0) is 12.8 Å². The van der Waals surface area contributed by atoms with E-state index in [4.69, 9.17) is 11.5 Å². The third-order valence-electron chi connectivity index (χ3n) is 2.62. The lowest BCUT2D eigenvalue weighted by Gasteiger charge is -2.12. The fourth-order valence-electron chi connectivity index (χ4n) is 1.75. The second kappa shape index (κ2) is 5.41. The van der Waals surface area contributed by atoms with E-state index in [0.29, 0.717) is 0 Å². The maximum absolute atomic E-state index is 6.08. The van der Waals surface area contributed by atoms with Crippen molar-refractivity contribution >= 4 is 5.69 Å². The second-order valence-electron chi connectivity index (χ2n) is 4.06. The largest absolute Gasteiger partial charge is 0.398 e. The Morgan fingerprint density at radius 1 is 1.12 bits per heavy atom. The summed E-state index contributed by atoms with van der Waals surface area (Å²) in [6.07, 6.45) is 6.70. The minimum Gasteiger partial charge on any atom is -0.398 e. The first-order valence-electron chi connectivity index (χ1n) is 5.59. The number of hydrogen-bond donors (Lipinski definition) is 2. The molecule has 0 aliphatic rings. The number of nitrogens with two attached hydrogens (primary N) is 2. The number of nitrogen functional groups attached to an aromatic ring is 1. The Bertz CT molecular complexity index is 470. The smallest absolute Gasteiger partial charge is 0.0419 e. The highest BCUT2D eigenvalue weighted by Gasteiger charge is 2.08. The molecule has 2 aromatic heterocycles. The van der Waals surface area contributed by atoms with Gasteiger partial charge in [-0.05, 0) is 30.2 Å². The van der Waals surface area contributed by atoms with Crippen molar-refractivity contribution in [2.45, 2.75) is 18.9 Å². The van der Waals surface area contributed by atoms with E-state index in [0.717, 1.165) is 29.8 Å². The van der Waals surface area contributed by atoms with Gasteiger partial charge in [0, 0.05) is 42.4 Å². The van der Waals surface area contributed by atoms with E-state index in [9.17, 15) is 0 Å². The monoisotopic (exact) mass is 228 g/mol. The van der Waals surface area contributed by atoms with Crippen LogP contribution < -0.4 is 11.5 Å². The molecule has 4 heteroatoms. The van der Waals surface area contributed by atoms with E-state index < -0.39 is 0 Å². The molecule has 4 N–H and O–H groups in total. The van der Waals surface area contributed by atoms with E-state index in [2.05, 4.69) is 9.97 Å². The normalized spacial score (nSPS) is 12.3. The summed E-state index contributed by atoms with van der Waals surface area (Å²) in [5.41, 5.74) is 14.7. The summed E-state index contributed by atoms with van der Waals surface area (Å²) in [6, 6.07) is 7.65. The summed E-state index contributed by atoms with van der Waals surface area (Å²) in [7, 11) is 0. The van der Waals surface area contributed by atoms with E-state index in [1.165, 1.54) is 0 Å². The van der Waals surface area contributed by atoms with Crippen LogP contribution in [0.4, 0.5) is 5.69 Å². The van der Waals surface area contributed by atoms with Crippen molar-refractivity contribution in [1.29, 1.82) is 0 Å². The van der Waals surface area contributed by atoms with Crippen LogP contribution in [0.1, 0.15) is 11.3 Å². The van der Waals surface area contributed by atoms with Crippen molar-refractivity contribution in [3.8, 4) is 0 Å². The van der Waals surface area contributed by atoms with Crippen molar-refractivity contribution < 1.29 is 0 Å². The van der Waals surface area contributed by atoms with Gasteiger partial charge in [0.15, 0.2) is 0 Å². The van der Waals surface area contributed by atoms with Gasteiger partial charge in [-0.3, -0.25) is 9.97 Å². The van der Waals surface area contributed by atoms with Crippen LogP contribution in [0.5, 0.6) is 0 Å². The zero-order valence-electron chi connectivity index (χ0n) is 9.58. The van der Waals surface area contributed by atoms with Gasteiger partial charge in [-0.15, -0.1) is 0 Å². The molecule has 0 fully saturated rings. The molecule has 0 aliphatic heterocycles. The molecule has 2 heterocycles. The first kappa shape index (κ1) is 11.5. The molecule has 0 bridgehead atoms. The third-order valence-corrected chi connectivity index (χ3v) is 2.62. The minimum absolute atomic E-state index is 0.0106. The topological polar surface area (TPSA) is 77.8 Å². The van der Waals surface area contributed by atoms with Crippen LogP contribution in [-0.4, -0.2) is 16.0 Å². The molecular formula is C13H16N4. The van der Waals surface area contributed by atoms with Gasteiger partial charge in [0.05, 0.1) is 0 Å². The van der Waals surface area contributed by atoms with Crippen molar-refractivity contribution in [2.24, 2.45) is 5.73 Å². The fourth-order valence-corrected chi connectivity index (χ4v) is 1.75. The Labute approximate surface area is 101 Å². The van der Waals surface area contributed by atoms with Gasteiger partial charge >= 0.3 is 0 Å². The number of pyridine rings is 2. The number of nitrogens with zero attached hydrogens (tertiary/aromatic N) is 2. The molecule has 0 aromatic carbocycles. The summed E-state index contributed by atoms with van der Waals surface area (Å²) >= 11 is 0. The predicted octanol–water partition coefficient (Wildman–Crippen LogP) is 1.17. The van der Waals surface area contributed by atoms with Gasteiger partial charge in [0.25, 0.3) is 0 Å². The quantitative estimate of drug-likeness (QED) is 0.823. The third kappa shape index (κ3) is 3.26. The zero-order valence-corrected chi connectivity index (χ0v) is 9.58. The van der Waals surface area contributed by atoms with Crippen LogP contribution >= 0.6 is 0 Å². The second-order valence-corrected chi connectivity index (χ2v) is 4.06. The van der Waals surface area contributed by atoms with Crippen molar-refractivity contribution in [3.63, 3.8) is 0 Å². The number of anilines is 1. The molecule has 0 saturated carbocycles. The molecule has 2 aromatic rings. The van der Waals surface area contributed by atoms with Gasteiger partial charge in [-0.1, -0.05) is 6.07 Å². The summed E-state index contributed by atoms with van der Waals surface area (Å²) in [4.78, 5) is 8.31. The van der Waals surface area contributed by atoms with E-state index in [1.807, 2.05) is 18.2 Å². The predicted molar refractivity (Wildman–Crippen MR) is 68.3 cm³/mol. The molecular weight excluding hydrogens is 212 g/mol. The van der Waals surface area contributed by atoms with Crippen LogP contribution in [0.25, 0.3) is 0 Å². The molecule has 1 unspecified atom stereocenters. The highest BCUT2D eigenvalue weighted by atomic mass is 14.7. The molecule has 88 valence electrons. The Morgan fingerprint density at radius 2 is 2.00 bits per heavy atom. The number of rotatable bonds is 4. The molecule has 0 radical (unpaired) electrons. The fraction of sp³-hybridized carbons (Fsp3) is 0.231. The van der Waals surface area contributed by atoms with Crippen molar-refractivity contribution in [2.75, 3.05) is 5.73 Å². The van der Waals surface area contributed by atoms with Gasteiger partial charge in [0.2, 0.25) is 0 Å². The Kier molecular flexibility index (Phi) is 3.67. The standard InChI is InChI=1S/C13H16N4/c14-11(8-12-3-1-2-5-17-12)7-10-9-16-6-4-13(10)15/h1-6,9,11H,7-8,14H2,(H2,15,16). The highest BCUT2D eigenvalue weighted by Crippen LogP contribution is 2.12. The lowest BCUT2D eigenvalue weighted by molar-refractivity contribution is 0.654.